The fraction of sp³-hybridized carbons (Fsp3) is 0.833. The second kappa shape index (κ2) is 7.48. The van der Waals surface area contributed by atoms with Gasteiger partial charge in [-0.3, -0.25) is 19.2 Å². The monoisotopic (exact) mass is 514 g/mol. The van der Waals surface area contributed by atoms with Gasteiger partial charge in [-0.05, 0) is 48.5 Å². The van der Waals surface area contributed by atoms with E-state index in [-0.39, 0.29) is 31.5 Å². The fourth-order valence-corrected chi connectivity index (χ4v) is 5.54. The maximum Gasteiger partial charge on any atom is 0.231 e. The van der Waals surface area contributed by atoms with Crippen LogP contribution in [0.15, 0.2) is 0 Å². The Balaban J connectivity index is 1.42. The predicted molar refractivity (Wildman–Crippen MR) is 117 cm³/mol. The van der Waals surface area contributed by atoms with Gasteiger partial charge in [-0.15, -0.1) is 0 Å². The molecule has 0 aliphatic carbocycles. The Labute approximate surface area is 208 Å². The summed E-state index contributed by atoms with van der Waals surface area (Å²) in [5.41, 5.74) is -2.93. The molecule has 0 radical (unpaired) electrons. The first kappa shape index (κ1) is 27.4. The number of fused-ring (bicyclic) bond motifs is 2. The average Bonchev–Trinajstić information content (AvgIpc) is 3.18. The van der Waals surface area contributed by atoms with E-state index in [4.69, 9.17) is 28.4 Å². The van der Waals surface area contributed by atoms with Crippen LogP contribution in [0.2, 0.25) is 0 Å². The van der Waals surface area contributed by atoms with Gasteiger partial charge in [-0.2, -0.15) is 0 Å². The number of hydrogen-bond acceptors (Lipinski definition) is 12. The topological polar surface area (TPSA) is 164 Å². The van der Waals surface area contributed by atoms with Crippen molar-refractivity contribution >= 4 is 23.1 Å². The number of ether oxygens (including phenoxy) is 6. The SMILES string of the molecule is CC(=O)[C@]1(C)O[C@@]2(C)O[C@](C)(C(=O)CCC(=O)[C@]3(C)OC4(O)C[C@](C)(C(C)=O)OC4(C)O3)C[C@@]2(O)O1. The Morgan fingerprint density at radius 2 is 1.00 bits per heavy atom. The van der Waals surface area contributed by atoms with E-state index in [2.05, 4.69) is 0 Å². The van der Waals surface area contributed by atoms with Crippen LogP contribution < -0.4 is 0 Å². The number of carbonyl (C=O) groups excluding carboxylic acids is 4. The summed E-state index contributed by atoms with van der Waals surface area (Å²) in [6.07, 6.45) is -1.22. The molecule has 2 unspecified atom stereocenters. The molecule has 0 amide bonds. The van der Waals surface area contributed by atoms with Gasteiger partial charge in [0.2, 0.25) is 34.7 Å². The molecule has 4 aliphatic heterocycles. The summed E-state index contributed by atoms with van der Waals surface area (Å²) in [6.45, 7) is 10.9. The molecule has 0 aromatic rings. The molecule has 0 spiro atoms. The first-order valence-corrected chi connectivity index (χ1v) is 11.8. The summed E-state index contributed by atoms with van der Waals surface area (Å²) in [6, 6.07) is 0. The number of Topliss-reactive ketones (excluding diaryl/α,β-unsaturated/α-hetero) is 4. The Morgan fingerprint density at radius 3 is 1.47 bits per heavy atom. The molecule has 4 rings (SSSR count). The Hall–Kier alpha value is -1.64. The van der Waals surface area contributed by atoms with Crippen LogP contribution >= 0.6 is 0 Å². The molecule has 4 fully saturated rings. The molecule has 4 saturated heterocycles. The summed E-state index contributed by atoms with van der Waals surface area (Å²) in [5, 5.41) is 22.1. The molecular formula is C24H34O12. The van der Waals surface area contributed by atoms with Crippen molar-refractivity contribution in [3.63, 3.8) is 0 Å². The van der Waals surface area contributed by atoms with E-state index in [9.17, 15) is 29.4 Å². The van der Waals surface area contributed by atoms with Crippen LogP contribution in [0.1, 0.15) is 81.1 Å². The first-order valence-electron chi connectivity index (χ1n) is 11.8. The van der Waals surface area contributed by atoms with E-state index in [1.807, 2.05) is 0 Å². The lowest BCUT2D eigenvalue weighted by Gasteiger charge is -2.31. The number of rotatable bonds is 7. The number of aliphatic hydroxyl groups is 2. The van der Waals surface area contributed by atoms with Crippen molar-refractivity contribution in [1.82, 2.24) is 0 Å². The Bertz CT molecular complexity index is 930. The summed E-state index contributed by atoms with van der Waals surface area (Å²) < 4.78 is 34.1. The molecule has 0 saturated carbocycles. The van der Waals surface area contributed by atoms with Gasteiger partial charge >= 0.3 is 0 Å². The summed E-state index contributed by atoms with van der Waals surface area (Å²) in [4.78, 5) is 50.1. The average molecular weight is 515 g/mol. The van der Waals surface area contributed by atoms with Gasteiger partial charge in [0.1, 0.15) is 11.2 Å². The van der Waals surface area contributed by atoms with Crippen molar-refractivity contribution in [2.45, 2.75) is 127 Å². The second-order valence-corrected chi connectivity index (χ2v) is 11.2. The van der Waals surface area contributed by atoms with Crippen molar-refractivity contribution in [3.05, 3.63) is 0 Å². The lowest BCUT2D eigenvalue weighted by molar-refractivity contribution is -0.272. The van der Waals surface area contributed by atoms with Crippen molar-refractivity contribution in [2.75, 3.05) is 0 Å². The summed E-state index contributed by atoms with van der Waals surface area (Å²) in [7, 11) is 0. The molecule has 36 heavy (non-hydrogen) atoms. The van der Waals surface area contributed by atoms with Gasteiger partial charge in [0.05, 0.1) is 0 Å². The molecule has 4 heterocycles. The third kappa shape index (κ3) is 3.65. The van der Waals surface area contributed by atoms with Crippen LogP contribution in [0, 0.1) is 0 Å². The van der Waals surface area contributed by atoms with Crippen LogP contribution in [0.5, 0.6) is 0 Å². The van der Waals surface area contributed by atoms with Crippen LogP contribution in [0.4, 0.5) is 0 Å². The molecular weight excluding hydrogens is 480 g/mol. The zero-order chi connectivity index (χ0) is 27.4. The Kier molecular flexibility index (Phi) is 5.69. The second-order valence-electron chi connectivity index (χ2n) is 11.2. The van der Waals surface area contributed by atoms with E-state index in [1.54, 1.807) is 0 Å². The zero-order valence-electron chi connectivity index (χ0n) is 21.8. The smallest absolute Gasteiger partial charge is 0.231 e. The lowest BCUT2D eigenvalue weighted by atomic mass is 9.89. The van der Waals surface area contributed by atoms with Crippen LogP contribution in [-0.4, -0.2) is 79.3 Å². The number of carbonyl (C=O) groups is 4. The molecule has 8 atom stereocenters. The van der Waals surface area contributed by atoms with Gasteiger partial charge in [-0.1, -0.05) is 0 Å². The quantitative estimate of drug-likeness (QED) is 0.491. The number of ketones is 4. The lowest BCUT2D eigenvalue weighted by Crippen LogP contribution is -2.46. The van der Waals surface area contributed by atoms with E-state index < -0.39 is 63.3 Å². The van der Waals surface area contributed by atoms with Crippen molar-refractivity contribution in [1.29, 1.82) is 0 Å². The molecule has 4 aliphatic rings. The van der Waals surface area contributed by atoms with Gasteiger partial charge in [0, 0.05) is 32.6 Å². The molecule has 12 nitrogen and oxygen atoms in total. The molecule has 0 bridgehead atoms. The normalized spacial score (nSPS) is 51.7. The summed E-state index contributed by atoms with van der Waals surface area (Å²) in [5.74, 6) is -13.3. The highest BCUT2D eigenvalue weighted by Gasteiger charge is 2.75. The number of hydrogen-bond donors (Lipinski definition) is 2. The molecule has 0 aromatic carbocycles. The van der Waals surface area contributed by atoms with Gasteiger partial charge in [0.25, 0.3) is 0 Å². The van der Waals surface area contributed by atoms with Gasteiger partial charge in [-0.25, -0.2) is 0 Å². The van der Waals surface area contributed by atoms with E-state index in [0.717, 1.165) is 0 Å². The highest BCUT2D eigenvalue weighted by Crippen LogP contribution is 2.57. The third-order valence-electron chi connectivity index (χ3n) is 7.98. The minimum Gasteiger partial charge on any atom is -0.361 e. The van der Waals surface area contributed by atoms with Crippen molar-refractivity contribution in [2.24, 2.45) is 0 Å². The highest BCUT2D eigenvalue weighted by atomic mass is 16.9. The maximum atomic E-state index is 13.1. The zero-order valence-corrected chi connectivity index (χ0v) is 21.8. The molecule has 0 aromatic heterocycles. The highest BCUT2D eigenvalue weighted by molar-refractivity contribution is 5.94. The fourth-order valence-electron chi connectivity index (χ4n) is 5.54. The Morgan fingerprint density at radius 1 is 0.583 bits per heavy atom. The summed E-state index contributed by atoms with van der Waals surface area (Å²) >= 11 is 0. The first-order chi connectivity index (χ1) is 16.1. The third-order valence-corrected chi connectivity index (χ3v) is 7.98. The molecule has 12 heteroatoms. The largest absolute Gasteiger partial charge is 0.361 e. The van der Waals surface area contributed by atoms with Crippen LogP contribution in [0.25, 0.3) is 0 Å². The van der Waals surface area contributed by atoms with Crippen LogP contribution in [-0.2, 0) is 47.6 Å². The van der Waals surface area contributed by atoms with Gasteiger partial charge in [0.15, 0.2) is 23.1 Å². The molecule has 2 N–H and O–H groups in total. The predicted octanol–water partition coefficient (Wildman–Crippen LogP) is 0.776. The minimum absolute atomic E-state index is 0.240. The minimum atomic E-state index is -2.07. The standard InChI is InChI=1S/C24H34O12/c1-13(25)17(3)11-23(29)21(7,31-17)34-20(6,36-23)16(28)10-9-15(27)18(4)12-24(30)22(8,32-18)33-19(5,35-24)14(2)26/h29-30H,9-12H2,1-8H3/t17-,18+,19-,20+,21?,22-,23?,24-/m1/s1. The van der Waals surface area contributed by atoms with E-state index in [1.165, 1.54) is 55.4 Å². The van der Waals surface area contributed by atoms with Gasteiger partial charge < -0.3 is 38.6 Å². The molecule has 202 valence electrons. The van der Waals surface area contributed by atoms with E-state index >= 15 is 0 Å². The van der Waals surface area contributed by atoms with Crippen molar-refractivity contribution in [3.8, 4) is 0 Å². The van der Waals surface area contributed by atoms with E-state index in [0.29, 0.717) is 0 Å². The van der Waals surface area contributed by atoms with Crippen LogP contribution in [0.3, 0.4) is 0 Å². The van der Waals surface area contributed by atoms with Crippen molar-refractivity contribution < 1.29 is 57.8 Å². The maximum absolute atomic E-state index is 13.1.